The second-order valence-electron chi connectivity index (χ2n) is 8.04. The van der Waals surface area contributed by atoms with Gasteiger partial charge < -0.3 is 9.47 Å². The van der Waals surface area contributed by atoms with Gasteiger partial charge in [-0.3, -0.25) is 14.6 Å². The van der Waals surface area contributed by atoms with Gasteiger partial charge in [0.2, 0.25) is 5.91 Å². The smallest absolute Gasteiger partial charge is 0.231 e. The van der Waals surface area contributed by atoms with Crippen LogP contribution < -0.4 is 9.64 Å². The fourth-order valence-electron chi connectivity index (χ4n) is 4.31. The number of fused-ring (bicyclic) bond motifs is 1. The summed E-state index contributed by atoms with van der Waals surface area (Å²) >= 11 is 1.61. The minimum absolute atomic E-state index is 0.128. The number of carbonyl (C=O) groups excluding carboxylic acids is 1. The van der Waals surface area contributed by atoms with E-state index >= 15 is 0 Å². The van der Waals surface area contributed by atoms with Crippen LogP contribution in [0, 0.1) is 12.8 Å². The molecule has 2 aliphatic rings. The van der Waals surface area contributed by atoms with Crippen molar-refractivity contribution in [1.82, 2.24) is 9.88 Å². The number of thiazole rings is 1. The Hall–Kier alpha value is -1.70. The van der Waals surface area contributed by atoms with E-state index in [1.54, 1.807) is 18.4 Å². The van der Waals surface area contributed by atoms with E-state index in [-0.39, 0.29) is 11.8 Å². The van der Waals surface area contributed by atoms with Crippen LogP contribution in [-0.2, 0) is 9.53 Å². The third kappa shape index (κ3) is 4.57. The predicted molar refractivity (Wildman–Crippen MR) is 117 cm³/mol. The van der Waals surface area contributed by atoms with Crippen molar-refractivity contribution < 1.29 is 14.3 Å². The molecule has 158 valence electrons. The summed E-state index contributed by atoms with van der Waals surface area (Å²) in [6.07, 6.45) is 5.55. The Morgan fingerprint density at radius 2 is 2.03 bits per heavy atom. The number of benzene rings is 1. The van der Waals surface area contributed by atoms with Crippen LogP contribution in [0.25, 0.3) is 10.2 Å². The summed E-state index contributed by atoms with van der Waals surface area (Å²) in [6.45, 7) is 7.02. The summed E-state index contributed by atoms with van der Waals surface area (Å²) in [6, 6.07) is 4.02. The highest BCUT2D eigenvalue weighted by Gasteiger charge is 2.29. The van der Waals surface area contributed by atoms with Crippen molar-refractivity contribution >= 4 is 32.6 Å². The normalized spacial score (nSPS) is 18.8. The number of amides is 1. The molecule has 1 saturated heterocycles. The van der Waals surface area contributed by atoms with Gasteiger partial charge in [-0.05, 0) is 31.4 Å². The number of morpholine rings is 1. The Labute approximate surface area is 176 Å². The summed E-state index contributed by atoms with van der Waals surface area (Å²) in [5, 5.41) is 0.802. The van der Waals surface area contributed by atoms with Gasteiger partial charge in [0.1, 0.15) is 11.3 Å². The van der Waals surface area contributed by atoms with E-state index in [0.29, 0.717) is 6.54 Å². The molecule has 0 atom stereocenters. The summed E-state index contributed by atoms with van der Waals surface area (Å²) in [4.78, 5) is 22.7. The molecule has 1 amide bonds. The van der Waals surface area contributed by atoms with Gasteiger partial charge in [-0.2, -0.15) is 0 Å². The first kappa shape index (κ1) is 20.6. The molecule has 1 aliphatic heterocycles. The topological polar surface area (TPSA) is 54.9 Å². The predicted octanol–water partition coefficient (Wildman–Crippen LogP) is 3.86. The maximum Gasteiger partial charge on any atom is 0.231 e. The minimum atomic E-state index is 0.128. The van der Waals surface area contributed by atoms with Crippen LogP contribution in [0.3, 0.4) is 0 Å². The Morgan fingerprint density at radius 3 is 2.76 bits per heavy atom. The number of anilines is 1. The monoisotopic (exact) mass is 417 g/mol. The van der Waals surface area contributed by atoms with E-state index < -0.39 is 0 Å². The number of nitrogens with zero attached hydrogens (tertiary/aromatic N) is 3. The first-order valence-electron chi connectivity index (χ1n) is 10.7. The van der Waals surface area contributed by atoms with Crippen molar-refractivity contribution in [1.29, 1.82) is 0 Å². The van der Waals surface area contributed by atoms with Crippen LogP contribution in [0.2, 0.25) is 0 Å². The molecule has 29 heavy (non-hydrogen) atoms. The highest BCUT2D eigenvalue weighted by Crippen LogP contribution is 2.37. The van der Waals surface area contributed by atoms with Crippen LogP contribution in [0.1, 0.15) is 37.7 Å². The molecule has 2 heterocycles. The van der Waals surface area contributed by atoms with Crippen molar-refractivity contribution in [2.75, 3.05) is 51.4 Å². The molecule has 0 spiro atoms. The molecule has 2 aromatic rings. The molecule has 0 unspecified atom stereocenters. The molecule has 0 radical (unpaired) electrons. The lowest BCUT2D eigenvalue weighted by molar-refractivity contribution is -0.123. The number of aryl methyl sites for hydroxylation is 1. The fraction of sp³-hybridized carbons (Fsp3) is 0.636. The van der Waals surface area contributed by atoms with E-state index in [2.05, 4.69) is 17.9 Å². The maximum absolute atomic E-state index is 13.5. The second-order valence-corrected chi connectivity index (χ2v) is 9.02. The van der Waals surface area contributed by atoms with Gasteiger partial charge in [0.25, 0.3) is 0 Å². The summed E-state index contributed by atoms with van der Waals surface area (Å²) < 4.78 is 12.1. The van der Waals surface area contributed by atoms with E-state index in [9.17, 15) is 4.79 Å². The van der Waals surface area contributed by atoms with Crippen molar-refractivity contribution in [3.8, 4) is 5.75 Å². The van der Waals surface area contributed by atoms with Crippen molar-refractivity contribution in [3.63, 3.8) is 0 Å². The Kier molecular flexibility index (Phi) is 6.67. The minimum Gasteiger partial charge on any atom is -0.494 e. The number of hydrogen-bond donors (Lipinski definition) is 0. The van der Waals surface area contributed by atoms with Gasteiger partial charge in [0.05, 0.1) is 25.0 Å². The molecule has 1 aromatic heterocycles. The zero-order valence-corrected chi connectivity index (χ0v) is 18.3. The first-order chi connectivity index (χ1) is 14.2. The molecule has 1 aromatic carbocycles. The number of hydrogen-bond acceptors (Lipinski definition) is 6. The molecule has 1 saturated carbocycles. The lowest BCUT2D eigenvalue weighted by Gasteiger charge is -2.31. The quantitative estimate of drug-likeness (QED) is 0.714. The summed E-state index contributed by atoms with van der Waals surface area (Å²) in [7, 11) is 1.67. The van der Waals surface area contributed by atoms with Crippen LogP contribution >= 0.6 is 11.3 Å². The highest BCUT2D eigenvalue weighted by molar-refractivity contribution is 7.22. The van der Waals surface area contributed by atoms with Crippen LogP contribution in [0.15, 0.2) is 12.1 Å². The average Bonchev–Trinajstić information content (AvgIpc) is 3.21. The van der Waals surface area contributed by atoms with Gasteiger partial charge in [0.15, 0.2) is 5.13 Å². The molecule has 7 heteroatoms. The van der Waals surface area contributed by atoms with E-state index in [1.807, 2.05) is 11.0 Å². The molecule has 1 aliphatic carbocycles. The van der Waals surface area contributed by atoms with E-state index in [0.717, 1.165) is 79.6 Å². The van der Waals surface area contributed by atoms with Crippen molar-refractivity contribution in [3.05, 3.63) is 17.7 Å². The lowest BCUT2D eigenvalue weighted by Crippen LogP contribution is -2.45. The zero-order chi connectivity index (χ0) is 20.2. The molecule has 4 rings (SSSR count). The standard InChI is InChI=1S/C22H31N3O3S/c1-16-8-9-18(27-2)19-20(16)29-22(23-19)25(11-10-24-12-14-28-15-13-24)21(26)17-6-4-3-5-7-17/h8-9,17H,3-7,10-15H2,1-2H3. The summed E-state index contributed by atoms with van der Waals surface area (Å²) in [5.74, 6) is 1.14. The Morgan fingerprint density at radius 1 is 1.28 bits per heavy atom. The third-order valence-electron chi connectivity index (χ3n) is 6.11. The number of aromatic nitrogens is 1. The van der Waals surface area contributed by atoms with Gasteiger partial charge in [0, 0.05) is 32.1 Å². The molecule has 0 N–H and O–H groups in total. The molecular formula is C22H31N3O3S. The van der Waals surface area contributed by atoms with E-state index in [1.165, 1.54) is 12.0 Å². The number of ether oxygens (including phenoxy) is 2. The average molecular weight is 418 g/mol. The number of carbonyl (C=O) groups is 1. The van der Waals surface area contributed by atoms with Gasteiger partial charge in [-0.25, -0.2) is 4.98 Å². The van der Waals surface area contributed by atoms with Gasteiger partial charge >= 0.3 is 0 Å². The first-order valence-corrected chi connectivity index (χ1v) is 11.5. The third-order valence-corrected chi connectivity index (χ3v) is 7.32. The summed E-state index contributed by atoms with van der Waals surface area (Å²) in [5.41, 5.74) is 2.03. The van der Waals surface area contributed by atoms with E-state index in [4.69, 9.17) is 14.5 Å². The lowest BCUT2D eigenvalue weighted by atomic mass is 9.88. The van der Waals surface area contributed by atoms with Crippen LogP contribution in [-0.4, -0.2) is 62.3 Å². The van der Waals surface area contributed by atoms with Crippen LogP contribution in [0.5, 0.6) is 5.75 Å². The number of rotatable bonds is 6. The number of methoxy groups -OCH3 is 1. The molecule has 0 bridgehead atoms. The van der Waals surface area contributed by atoms with Gasteiger partial charge in [-0.15, -0.1) is 0 Å². The largest absolute Gasteiger partial charge is 0.494 e. The van der Waals surface area contributed by atoms with Crippen molar-refractivity contribution in [2.24, 2.45) is 5.92 Å². The fourth-order valence-corrected chi connectivity index (χ4v) is 5.40. The van der Waals surface area contributed by atoms with Crippen LogP contribution in [0.4, 0.5) is 5.13 Å². The zero-order valence-electron chi connectivity index (χ0n) is 17.5. The molecule has 6 nitrogen and oxygen atoms in total. The highest BCUT2D eigenvalue weighted by atomic mass is 32.1. The van der Waals surface area contributed by atoms with Crippen molar-refractivity contribution in [2.45, 2.75) is 39.0 Å². The maximum atomic E-state index is 13.5. The SMILES string of the molecule is COc1ccc(C)c2sc(N(CCN3CCOCC3)C(=O)C3CCCCC3)nc12. The Bertz CT molecular complexity index is 841. The molecular weight excluding hydrogens is 386 g/mol. The Balaban J connectivity index is 1.62. The second kappa shape index (κ2) is 9.41. The van der Waals surface area contributed by atoms with Gasteiger partial charge in [-0.1, -0.05) is 36.7 Å². The molecule has 2 fully saturated rings.